The van der Waals surface area contributed by atoms with Gasteiger partial charge in [-0.1, -0.05) is 96.8 Å². The molecule has 0 aromatic carbocycles. The van der Waals surface area contributed by atoms with E-state index in [1.165, 1.54) is 76.3 Å². The van der Waals surface area contributed by atoms with E-state index >= 15 is 0 Å². The molecule has 2 rings (SSSR count). The maximum absolute atomic E-state index is 5.31. The van der Waals surface area contributed by atoms with Crippen LogP contribution in [0.2, 0.25) is 0 Å². The van der Waals surface area contributed by atoms with Crippen LogP contribution in [0.15, 0.2) is 29.3 Å². The molecule has 0 aromatic rings. The summed E-state index contributed by atoms with van der Waals surface area (Å²) in [5.41, 5.74) is 1.34. The molecular formula is C23H39N. The van der Waals surface area contributed by atoms with Crippen molar-refractivity contribution in [2.24, 2.45) is 16.3 Å². The SMILES string of the molecule is CC(C)(C)C1=NC(C)(C2CCCCCCCCCCC2)C=CC=C1. The van der Waals surface area contributed by atoms with E-state index in [1.807, 2.05) is 0 Å². The molecule has 0 radical (unpaired) electrons. The van der Waals surface area contributed by atoms with Gasteiger partial charge in [0.25, 0.3) is 0 Å². The largest absolute Gasteiger partial charge is 0.278 e. The zero-order valence-corrected chi connectivity index (χ0v) is 16.6. The number of rotatable bonds is 1. The van der Waals surface area contributed by atoms with E-state index < -0.39 is 0 Å². The molecule has 0 aromatic heterocycles. The summed E-state index contributed by atoms with van der Waals surface area (Å²) in [6.07, 6.45) is 24.4. The first-order valence-corrected chi connectivity index (χ1v) is 10.4. The van der Waals surface area contributed by atoms with Crippen molar-refractivity contribution >= 4 is 5.71 Å². The van der Waals surface area contributed by atoms with Crippen LogP contribution in [0.1, 0.15) is 98.3 Å². The molecule has 1 unspecified atom stereocenters. The van der Waals surface area contributed by atoms with Gasteiger partial charge in [0, 0.05) is 11.1 Å². The highest BCUT2D eigenvalue weighted by Crippen LogP contribution is 2.36. The Morgan fingerprint density at radius 3 is 1.83 bits per heavy atom. The van der Waals surface area contributed by atoms with E-state index in [2.05, 4.69) is 52.0 Å². The zero-order valence-electron chi connectivity index (χ0n) is 16.6. The normalized spacial score (nSPS) is 28.6. The van der Waals surface area contributed by atoms with E-state index in [0.717, 1.165) is 0 Å². The molecule has 0 spiro atoms. The van der Waals surface area contributed by atoms with E-state index in [4.69, 9.17) is 4.99 Å². The fourth-order valence-corrected chi connectivity index (χ4v) is 4.12. The molecule has 0 N–H and O–H groups in total. The van der Waals surface area contributed by atoms with Gasteiger partial charge >= 0.3 is 0 Å². The highest BCUT2D eigenvalue weighted by molar-refractivity contribution is 5.99. The van der Waals surface area contributed by atoms with Gasteiger partial charge < -0.3 is 0 Å². The van der Waals surface area contributed by atoms with Crippen LogP contribution in [-0.2, 0) is 0 Å². The Morgan fingerprint density at radius 1 is 0.833 bits per heavy atom. The average Bonchev–Trinajstić information content (AvgIpc) is 2.70. The monoisotopic (exact) mass is 329 g/mol. The van der Waals surface area contributed by atoms with E-state index in [1.54, 1.807) is 0 Å². The van der Waals surface area contributed by atoms with Crippen molar-refractivity contribution in [2.45, 2.75) is 104 Å². The zero-order chi connectivity index (χ0) is 17.5. The second-order valence-electron chi connectivity index (χ2n) is 9.15. The average molecular weight is 330 g/mol. The molecule has 0 bridgehead atoms. The van der Waals surface area contributed by atoms with Crippen LogP contribution >= 0.6 is 0 Å². The minimum Gasteiger partial charge on any atom is -0.278 e. The Balaban J connectivity index is 2.16. The van der Waals surface area contributed by atoms with Crippen LogP contribution in [0.5, 0.6) is 0 Å². The van der Waals surface area contributed by atoms with Gasteiger partial charge in [-0.15, -0.1) is 0 Å². The topological polar surface area (TPSA) is 12.4 Å². The molecule has 0 saturated heterocycles. The maximum Gasteiger partial charge on any atom is 0.0794 e. The van der Waals surface area contributed by atoms with Gasteiger partial charge in [0.2, 0.25) is 0 Å². The van der Waals surface area contributed by atoms with E-state index in [9.17, 15) is 0 Å². The van der Waals surface area contributed by atoms with Crippen molar-refractivity contribution in [3.05, 3.63) is 24.3 Å². The Labute approximate surface area is 150 Å². The molecule has 1 saturated carbocycles. The van der Waals surface area contributed by atoms with Crippen molar-refractivity contribution < 1.29 is 0 Å². The highest BCUT2D eigenvalue weighted by Gasteiger charge is 2.33. The lowest BCUT2D eigenvalue weighted by atomic mass is 9.78. The molecule has 0 amide bonds. The standard InChI is InChI=1S/C23H39N/c1-22(2,3)21-18-14-15-19-23(4,24-21)20-16-12-10-8-6-5-7-9-11-13-17-20/h14-15,18-20H,5-13,16-17H2,1-4H3. The first-order chi connectivity index (χ1) is 11.4. The van der Waals surface area contributed by atoms with Crippen LogP contribution in [0.4, 0.5) is 0 Å². The molecule has 1 atom stereocenters. The number of allylic oxidation sites excluding steroid dienone is 3. The van der Waals surface area contributed by atoms with E-state index in [0.29, 0.717) is 5.92 Å². The first-order valence-electron chi connectivity index (χ1n) is 10.4. The second-order valence-corrected chi connectivity index (χ2v) is 9.15. The summed E-state index contributed by atoms with van der Waals surface area (Å²) in [5.74, 6) is 0.686. The molecule has 1 heterocycles. The molecule has 136 valence electrons. The Bertz CT molecular complexity index is 451. The van der Waals surface area contributed by atoms with Crippen LogP contribution in [-0.4, -0.2) is 11.3 Å². The molecule has 1 fully saturated rings. The highest BCUT2D eigenvalue weighted by atomic mass is 14.9. The maximum atomic E-state index is 5.31. The van der Waals surface area contributed by atoms with Crippen LogP contribution in [0.25, 0.3) is 0 Å². The minimum absolute atomic E-state index is 0.0315. The van der Waals surface area contributed by atoms with Crippen molar-refractivity contribution in [1.82, 2.24) is 0 Å². The molecule has 1 aliphatic heterocycles. The Kier molecular flexibility index (Phi) is 7.32. The summed E-state index contributed by atoms with van der Waals surface area (Å²) in [5, 5.41) is 0. The van der Waals surface area contributed by atoms with Crippen LogP contribution in [0.3, 0.4) is 0 Å². The van der Waals surface area contributed by atoms with Crippen LogP contribution < -0.4 is 0 Å². The lowest BCUT2D eigenvalue weighted by Gasteiger charge is -2.34. The smallest absolute Gasteiger partial charge is 0.0794 e. The van der Waals surface area contributed by atoms with E-state index in [-0.39, 0.29) is 11.0 Å². The van der Waals surface area contributed by atoms with Gasteiger partial charge in [-0.2, -0.15) is 0 Å². The third kappa shape index (κ3) is 5.90. The van der Waals surface area contributed by atoms with Crippen molar-refractivity contribution in [1.29, 1.82) is 0 Å². The van der Waals surface area contributed by atoms with Crippen molar-refractivity contribution in [3.8, 4) is 0 Å². The molecule has 1 nitrogen and oxygen atoms in total. The Hall–Kier alpha value is -0.850. The van der Waals surface area contributed by atoms with Crippen molar-refractivity contribution in [2.75, 3.05) is 0 Å². The fraction of sp³-hybridized carbons (Fsp3) is 0.783. The summed E-state index contributed by atoms with van der Waals surface area (Å²) in [4.78, 5) is 5.31. The lowest BCUT2D eigenvalue weighted by molar-refractivity contribution is 0.293. The summed E-state index contributed by atoms with van der Waals surface area (Å²) in [6.45, 7) is 9.22. The predicted octanol–water partition coefficient (Wildman–Crippen LogP) is 7.28. The molecular weight excluding hydrogens is 290 g/mol. The fourth-order valence-electron chi connectivity index (χ4n) is 4.12. The lowest BCUT2D eigenvalue weighted by Crippen LogP contribution is -2.33. The van der Waals surface area contributed by atoms with Gasteiger partial charge in [0.15, 0.2) is 0 Å². The summed E-state index contributed by atoms with van der Waals surface area (Å²) >= 11 is 0. The van der Waals surface area contributed by atoms with Crippen molar-refractivity contribution in [3.63, 3.8) is 0 Å². The number of hydrogen-bond donors (Lipinski definition) is 0. The molecule has 1 heteroatoms. The van der Waals surface area contributed by atoms with Gasteiger partial charge in [-0.3, -0.25) is 4.99 Å². The first kappa shape index (κ1) is 19.5. The third-order valence-electron chi connectivity index (χ3n) is 5.86. The Morgan fingerprint density at radius 2 is 1.33 bits per heavy atom. The third-order valence-corrected chi connectivity index (χ3v) is 5.86. The van der Waals surface area contributed by atoms with Gasteiger partial charge in [-0.25, -0.2) is 0 Å². The summed E-state index contributed by atoms with van der Waals surface area (Å²) < 4.78 is 0. The number of nitrogens with zero attached hydrogens (tertiary/aromatic N) is 1. The molecule has 24 heavy (non-hydrogen) atoms. The predicted molar refractivity (Wildman–Crippen MR) is 108 cm³/mol. The second kappa shape index (κ2) is 9.02. The summed E-state index contributed by atoms with van der Waals surface area (Å²) in [7, 11) is 0. The molecule has 2 aliphatic rings. The minimum atomic E-state index is -0.0315. The summed E-state index contributed by atoms with van der Waals surface area (Å²) in [6, 6.07) is 0. The van der Waals surface area contributed by atoms with Gasteiger partial charge in [-0.05, 0) is 31.8 Å². The van der Waals surface area contributed by atoms with Crippen LogP contribution in [0, 0.1) is 11.3 Å². The molecule has 1 aliphatic carbocycles. The quantitative estimate of drug-likeness (QED) is 0.479. The number of hydrogen-bond acceptors (Lipinski definition) is 1. The van der Waals surface area contributed by atoms with Gasteiger partial charge in [0.1, 0.15) is 0 Å². The number of aliphatic imine (C=N–C) groups is 1. The van der Waals surface area contributed by atoms with Gasteiger partial charge in [0.05, 0.1) is 5.54 Å².